The van der Waals surface area contributed by atoms with E-state index in [1.54, 1.807) is 6.07 Å². The minimum absolute atomic E-state index is 0.0267. The summed E-state index contributed by atoms with van der Waals surface area (Å²) < 4.78 is 0. The van der Waals surface area contributed by atoms with Crippen molar-refractivity contribution in [2.75, 3.05) is 0 Å². The summed E-state index contributed by atoms with van der Waals surface area (Å²) in [4.78, 5) is 9.95. The van der Waals surface area contributed by atoms with Gasteiger partial charge in [0, 0.05) is 23.9 Å². The molecule has 0 aliphatic heterocycles. The fraction of sp³-hybridized carbons (Fsp3) is 0. The van der Waals surface area contributed by atoms with Crippen molar-refractivity contribution >= 4 is 11.4 Å². The second kappa shape index (κ2) is 4.23. The van der Waals surface area contributed by atoms with Crippen LogP contribution in [0.3, 0.4) is 0 Å². The van der Waals surface area contributed by atoms with E-state index in [2.05, 4.69) is 0 Å². The molecule has 0 aromatic heterocycles. The van der Waals surface area contributed by atoms with Gasteiger partial charge in [-0.3, -0.25) is 15.5 Å². The van der Waals surface area contributed by atoms with Crippen LogP contribution in [-0.2, 0) is 0 Å². The monoisotopic (exact) mass is 206 g/mol. The number of nitro benzene ring substituents is 1. The van der Waals surface area contributed by atoms with Gasteiger partial charge in [-0.2, -0.15) is 0 Å². The van der Waals surface area contributed by atoms with E-state index >= 15 is 0 Å². The second-order valence-electron chi connectivity index (χ2n) is 2.80. The van der Waals surface area contributed by atoms with Crippen LogP contribution in [-0.4, -0.2) is 10.6 Å². The average Bonchev–Trinajstić information content (AvgIpc) is 2.27. The third-order valence-electron chi connectivity index (χ3n) is 1.81. The van der Waals surface area contributed by atoms with Crippen LogP contribution in [0.4, 0.5) is 5.69 Å². The number of benzene rings is 1. The number of hydrogen-bond donors (Lipinski definition) is 3. The Morgan fingerprint density at radius 1 is 1.53 bits per heavy atom. The van der Waals surface area contributed by atoms with Crippen molar-refractivity contribution in [1.29, 1.82) is 5.41 Å². The van der Waals surface area contributed by atoms with Crippen LogP contribution in [0.1, 0.15) is 5.56 Å². The quantitative estimate of drug-likeness (QED) is 0.383. The van der Waals surface area contributed by atoms with Crippen LogP contribution in [0.15, 0.2) is 36.2 Å². The summed E-state index contributed by atoms with van der Waals surface area (Å²) in [6.07, 6.45) is 1.08. The first-order valence-corrected chi connectivity index (χ1v) is 4.07. The van der Waals surface area contributed by atoms with E-state index in [-0.39, 0.29) is 17.1 Å². The highest BCUT2D eigenvalue weighted by atomic mass is 16.6. The Balaban J connectivity index is 3.11. The van der Waals surface area contributed by atoms with Crippen LogP contribution >= 0.6 is 0 Å². The lowest BCUT2D eigenvalue weighted by molar-refractivity contribution is -0.384. The van der Waals surface area contributed by atoms with Crippen molar-refractivity contribution in [3.05, 3.63) is 51.8 Å². The van der Waals surface area contributed by atoms with E-state index in [0.717, 1.165) is 6.20 Å². The van der Waals surface area contributed by atoms with E-state index in [1.165, 1.54) is 18.2 Å². The topological polar surface area (TPSA) is 119 Å². The molecule has 6 heteroatoms. The smallest absolute Gasteiger partial charge is 0.270 e. The van der Waals surface area contributed by atoms with Crippen LogP contribution in [0.5, 0.6) is 0 Å². The first-order valence-electron chi connectivity index (χ1n) is 4.07. The first-order chi connectivity index (χ1) is 7.06. The number of nitrogens with two attached hydrogens (primary N) is 2. The molecule has 0 bridgehead atoms. The molecule has 1 aromatic rings. The third-order valence-corrected chi connectivity index (χ3v) is 1.81. The molecule has 0 unspecified atom stereocenters. The summed E-state index contributed by atoms with van der Waals surface area (Å²) in [6, 6.07) is 5.68. The summed E-state index contributed by atoms with van der Waals surface area (Å²) in [5.41, 5.74) is 10.9. The molecule has 0 heterocycles. The number of nitrogens with one attached hydrogen (secondary N) is 1. The third kappa shape index (κ3) is 2.31. The lowest BCUT2D eigenvalue weighted by Crippen LogP contribution is -2.13. The van der Waals surface area contributed by atoms with Crippen LogP contribution in [0, 0.1) is 15.5 Å². The number of nitrogens with zero attached hydrogens (tertiary/aromatic N) is 1. The van der Waals surface area contributed by atoms with Gasteiger partial charge in [-0.25, -0.2) is 0 Å². The van der Waals surface area contributed by atoms with Crippen molar-refractivity contribution in [2.45, 2.75) is 0 Å². The van der Waals surface area contributed by atoms with Gasteiger partial charge in [0.05, 0.1) is 16.3 Å². The molecular weight excluding hydrogens is 196 g/mol. The molecule has 78 valence electrons. The Morgan fingerprint density at radius 3 is 2.73 bits per heavy atom. The molecule has 0 aliphatic carbocycles. The highest BCUT2D eigenvalue weighted by Crippen LogP contribution is 2.14. The Kier molecular flexibility index (Phi) is 3.02. The van der Waals surface area contributed by atoms with E-state index < -0.39 is 4.92 Å². The van der Waals surface area contributed by atoms with Crippen molar-refractivity contribution in [2.24, 2.45) is 11.5 Å². The van der Waals surface area contributed by atoms with Gasteiger partial charge in [0.1, 0.15) is 0 Å². The van der Waals surface area contributed by atoms with E-state index in [0.29, 0.717) is 5.56 Å². The van der Waals surface area contributed by atoms with Gasteiger partial charge in [-0.05, 0) is 0 Å². The Hall–Kier alpha value is -2.37. The number of non-ortho nitro benzene ring substituents is 1. The number of allylic oxidation sites excluding steroid dienone is 1. The zero-order chi connectivity index (χ0) is 11.4. The van der Waals surface area contributed by atoms with Gasteiger partial charge in [0.15, 0.2) is 0 Å². The molecule has 0 aliphatic rings. The fourth-order valence-electron chi connectivity index (χ4n) is 1.02. The highest BCUT2D eigenvalue weighted by molar-refractivity contribution is 6.10. The lowest BCUT2D eigenvalue weighted by Gasteiger charge is -2.02. The molecule has 0 atom stereocenters. The standard InChI is InChI=1S/C9H10N4O2/c10-5-8(11)9(12)6-2-1-3-7(4-6)13(14)15/h1-5,12H,10-11H2/b8-5+,12-9?. The first kappa shape index (κ1) is 10.7. The molecule has 5 N–H and O–H groups in total. The minimum atomic E-state index is -0.529. The minimum Gasteiger partial charge on any atom is -0.403 e. The summed E-state index contributed by atoms with van der Waals surface area (Å²) in [6.45, 7) is 0. The normalized spacial score (nSPS) is 11.1. The van der Waals surface area contributed by atoms with Gasteiger partial charge < -0.3 is 11.5 Å². The van der Waals surface area contributed by atoms with Crippen molar-refractivity contribution < 1.29 is 4.92 Å². The predicted octanol–water partition coefficient (Wildman–Crippen LogP) is 0.721. The lowest BCUT2D eigenvalue weighted by atomic mass is 10.1. The maximum Gasteiger partial charge on any atom is 0.270 e. The second-order valence-corrected chi connectivity index (χ2v) is 2.80. The average molecular weight is 206 g/mol. The number of hydrogen-bond acceptors (Lipinski definition) is 5. The maximum absolute atomic E-state index is 10.5. The molecular formula is C9H10N4O2. The fourth-order valence-corrected chi connectivity index (χ4v) is 1.02. The predicted molar refractivity (Wildman–Crippen MR) is 56.4 cm³/mol. The molecule has 0 saturated heterocycles. The van der Waals surface area contributed by atoms with Gasteiger partial charge in [0.2, 0.25) is 0 Å². The molecule has 0 radical (unpaired) electrons. The van der Waals surface area contributed by atoms with Crippen LogP contribution < -0.4 is 11.5 Å². The van der Waals surface area contributed by atoms with Gasteiger partial charge >= 0.3 is 0 Å². The van der Waals surface area contributed by atoms with Crippen molar-refractivity contribution in [1.82, 2.24) is 0 Å². The van der Waals surface area contributed by atoms with Crippen LogP contribution in [0.25, 0.3) is 0 Å². The molecule has 6 nitrogen and oxygen atoms in total. The molecule has 1 rings (SSSR count). The molecule has 0 saturated carbocycles. The molecule has 1 aromatic carbocycles. The van der Waals surface area contributed by atoms with E-state index in [9.17, 15) is 10.1 Å². The zero-order valence-corrected chi connectivity index (χ0v) is 7.81. The molecule has 0 spiro atoms. The van der Waals surface area contributed by atoms with E-state index in [1.807, 2.05) is 0 Å². The maximum atomic E-state index is 10.5. The number of rotatable bonds is 3. The Bertz CT molecular complexity index is 439. The van der Waals surface area contributed by atoms with Gasteiger partial charge in [-0.1, -0.05) is 12.1 Å². The number of nitro groups is 1. The highest BCUT2D eigenvalue weighted by Gasteiger charge is 2.09. The SMILES string of the molecule is N=C(/C(N)=C\N)c1cccc([N+](=O)[O-])c1. The summed E-state index contributed by atoms with van der Waals surface area (Å²) >= 11 is 0. The Labute approximate surface area is 85.9 Å². The molecule has 0 fully saturated rings. The van der Waals surface area contributed by atoms with Gasteiger partial charge in [0.25, 0.3) is 5.69 Å². The zero-order valence-electron chi connectivity index (χ0n) is 7.81. The van der Waals surface area contributed by atoms with Crippen molar-refractivity contribution in [3.8, 4) is 0 Å². The Morgan fingerprint density at radius 2 is 2.20 bits per heavy atom. The molecule has 15 heavy (non-hydrogen) atoms. The summed E-state index contributed by atoms with van der Waals surface area (Å²) in [5.74, 6) is 0. The molecule has 0 amide bonds. The largest absolute Gasteiger partial charge is 0.403 e. The summed E-state index contributed by atoms with van der Waals surface area (Å²) in [5, 5.41) is 18.1. The van der Waals surface area contributed by atoms with Gasteiger partial charge in [-0.15, -0.1) is 0 Å². The van der Waals surface area contributed by atoms with Crippen LogP contribution in [0.2, 0.25) is 0 Å². The summed E-state index contributed by atoms with van der Waals surface area (Å²) in [7, 11) is 0. The van der Waals surface area contributed by atoms with Crippen molar-refractivity contribution in [3.63, 3.8) is 0 Å². The van der Waals surface area contributed by atoms with E-state index in [4.69, 9.17) is 16.9 Å².